The van der Waals surface area contributed by atoms with Crippen LogP contribution < -0.4 is 16.0 Å². The van der Waals surface area contributed by atoms with Crippen LogP contribution in [0.4, 0.5) is 9.18 Å². The molecule has 4 N–H and O–H groups in total. The molecule has 0 bridgehead atoms. The van der Waals surface area contributed by atoms with Gasteiger partial charge in [-0.05, 0) is 61.3 Å². The minimum Gasteiger partial charge on any atom is -0.361 e. The van der Waals surface area contributed by atoms with Gasteiger partial charge >= 0.3 is 6.03 Å². The van der Waals surface area contributed by atoms with E-state index in [0.717, 1.165) is 42.1 Å². The number of aromatic nitrogens is 1. The number of nitrogens with one attached hydrogen (secondary N) is 4. The number of H-pyrrole nitrogens is 1. The Morgan fingerprint density at radius 2 is 1.80 bits per heavy atom. The summed E-state index contributed by atoms with van der Waals surface area (Å²) in [5.41, 5.74) is 1.74. The van der Waals surface area contributed by atoms with Crippen LogP contribution in [0, 0.1) is 17.2 Å². The van der Waals surface area contributed by atoms with Gasteiger partial charge in [0.05, 0.1) is 16.1 Å². The quantitative estimate of drug-likeness (QED) is 0.199. The fourth-order valence-corrected chi connectivity index (χ4v) is 7.22. The van der Waals surface area contributed by atoms with Crippen molar-refractivity contribution in [3.05, 3.63) is 69.6 Å². The minimum absolute atomic E-state index is 0.127. The Labute approximate surface area is 267 Å². The Morgan fingerprint density at radius 1 is 1.07 bits per heavy atom. The lowest BCUT2D eigenvalue weighted by Gasteiger charge is -2.36. The molecule has 0 spiro atoms. The van der Waals surface area contributed by atoms with E-state index in [4.69, 9.17) is 23.2 Å². The van der Waals surface area contributed by atoms with Gasteiger partial charge in [0, 0.05) is 55.1 Å². The molecule has 0 aliphatic heterocycles. The zero-order valence-electron chi connectivity index (χ0n) is 25.3. The normalized spacial score (nSPS) is 20.7. The highest BCUT2D eigenvalue weighted by molar-refractivity contribution is 6.42. The van der Waals surface area contributed by atoms with Crippen LogP contribution in [0.3, 0.4) is 0 Å². The number of carbonyl (C=O) groups is 3. The first-order chi connectivity index (χ1) is 21.0. The Balaban J connectivity index is 1.28. The highest BCUT2D eigenvalue weighted by Gasteiger charge is 2.43. The third-order valence-corrected chi connectivity index (χ3v) is 10.2. The van der Waals surface area contributed by atoms with Gasteiger partial charge in [0.15, 0.2) is 0 Å². The zero-order chi connectivity index (χ0) is 31.6. The molecule has 1 aromatic heterocycles. The summed E-state index contributed by atoms with van der Waals surface area (Å²) in [4.78, 5) is 44.4. The molecular weight excluding hydrogens is 604 g/mol. The number of hydrogen-bond donors (Lipinski definition) is 4. The van der Waals surface area contributed by atoms with Crippen molar-refractivity contribution in [3.8, 4) is 0 Å². The smallest absolute Gasteiger partial charge is 0.317 e. The summed E-state index contributed by atoms with van der Waals surface area (Å²) in [6, 6.07) is 8.48. The van der Waals surface area contributed by atoms with E-state index < -0.39 is 17.9 Å². The minimum atomic E-state index is -0.809. The number of fused-ring (bicyclic) bond motifs is 1. The molecule has 5 rings (SSSR count). The van der Waals surface area contributed by atoms with Crippen molar-refractivity contribution in [2.24, 2.45) is 11.3 Å². The molecule has 1 heterocycles. The van der Waals surface area contributed by atoms with Gasteiger partial charge in [-0.15, -0.1) is 0 Å². The lowest BCUT2D eigenvalue weighted by molar-refractivity contribution is -0.127. The first kappa shape index (κ1) is 32.1. The summed E-state index contributed by atoms with van der Waals surface area (Å²) in [6.07, 6.45) is 7.43. The van der Waals surface area contributed by atoms with Crippen LogP contribution in [0.15, 0.2) is 42.6 Å². The van der Waals surface area contributed by atoms with Crippen LogP contribution in [0.25, 0.3) is 10.9 Å². The van der Waals surface area contributed by atoms with E-state index in [1.807, 2.05) is 30.5 Å². The van der Waals surface area contributed by atoms with E-state index >= 15 is 4.39 Å². The number of aromatic amines is 1. The molecule has 0 unspecified atom stereocenters. The standard InChI is InChI=1S/C33H40Cl2FN5O3/c1-33(14-6-7-15-33)29(27-24(36)13-12-23(34)28(27)35)40-30(42)19-10-11-21(16-19)38-31(43)26(39-32(44)41(2)3)17-20-18-37-25-9-5-4-8-22(20)25/h4-5,8-9,12-13,18-19,21,26,29,37H,6-7,10-11,14-17H2,1-3H3,(H,38,43)(H,39,44)(H,40,42)/t19-,21-,26+,29-/m1/s1. The summed E-state index contributed by atoms with van der Waals surface area (Å²) in [7, 11) is 3.25. The SMILES string of the molecule is CN(C)C(=O)N[C@@H](Cc1c[nH]c2ccccc12)C(=O)N[C@@H]1CC[C@@H](C(=O)N[C@H](c2c(F)ccc(Cl)c2Cl)C2(C)CCCC2)C1. The molecular formula is C33H40Cl2FN5O3. The highest BCUT2D eigenvalue weighted by Crippen LogP contribution is 2.50. The van der Waals surface area contributed by atoms with Gasteiger partial charge in [0.1, 0.15) is 11.9 Å². The van der Waals surface area contributed by atoms with Crippen molar-refractivity contribution in [2.45, 2.75) is 76.4 Å². The molecule has 3 aromatic rings. The average molecular weight is 645 g/mol. The molecule has 0 radical (unpaired) electrons. The van der Waals surface area contributed by atoms with Crippen LogP contribution in [-0.4, -0.2) is 53.9 Å². The van der Waals surface area contributed by atoms with Gasteiger partial charge in [0.25, 0.3) is 0 Å². The maximum atomic E-state index is 15.2. The van der Waals surface area contributed by atoms with Gasteiger partial charge in [-0.2, -0.15) is 0 Å². The van der Waals surface area contributed by atoms with E-state index in [9.17, 15) is 14.4 Å². The molecule has 0 saturated heterocycles. The number of nitrogens with zero attached hydrogens (tertiary/aromatic N) is 1. The largest absolute Gasteiger partial charge is 0.361 e. The van der Waals surface area contributed by atoms with Gasteiger partial charge in [-0.1, -0.05) is 61.2 Å². The number of halogens is 3. The molecule has 4 atom stereocenters. The molecule has 4 amide bonds. The number of urea groups is 1. The lowest BCUT2D eigenvalue weighted by atomic mass is 9.76. The van der Waals surface area contributed by atoms with Crippen LogP contribution in [-0.2, 0) is 16.0 Å². The van der Waals surface area contributed by atoms with E-state index in [1.54, 1.807) is 14.1 Å². The summed E-state index contributed by atoms with van der Waals surface area (Å²) in [6.45, 7) is 2.06. The second-order valence-corrected chi connectivity index (χ2v) is 13.5. The third kappa shape index (κ3) is 6.84. The number of hydrogen-bond acceptors (Lipinski definition) is 3. The predicted octanol–water partition coefficient (Wildman–Crippen LogP) is 6.52. The molecule has 2 aliphatic rings. The second kappa shape index (κ2) is 13.4. The summed E-state index contributed by atoms with van der Waals surface area (Å²) >= 11 is 12.8. The Morgan fingerprint density at radius 3 is 2.52 bits per heavy atom. The van der Waals surface area contributed by atoms with E-state index in [-0.39, 0.29) is 50.8 Å². The molecule has 236 valence electrons. The second-order valence-electron chi connectivity index (χ2n) is 12.7. The predicted molar refractivity (Wildman–Crippen MR) is 171 cm³/mol. The number of para-hydroxylation sites is 1. The molecule has 11 heteroatoms. The fraction of sp³-hybridized carbons (Fsp3) is 0.485. The van der Waals surface area contributed by atoms with Gasteiger partial charge in [-0.3, -0.25) is 9.59 Å². The summed E-state index contributed by atoms with van der Waals surface area (Å²) in [5, 5.41) is 10.4. The van der Waals surface area contributed by atoms with Crippen molar-refractivity contribution in [2.75, 3.05) is 14.1 Å². The van der Waals surface area contributed by atoms with Crippen LogP contribution in [0.2, 0.25) is 10.0 Å². The van der Waals surface area contributed by atoms with Crippen LogP contribution >= 0.6 is 23.2 Å². The summed E-state index contributed by atoms with van der Waals surface area (Å²) in [5.74, 6) is -1.35. The Bertz CT molecular complexity index is 1540. The van der Waals surface area contributed by atoms with Crippen molar-refractivity contribution in [1.82, 2.24) is 25.8 Å². The van der Waals surface area contributed by atoms with Gasteiger partial charge in [-0.25, -0.2) is 9.18 Å². The number of benzene rings is 2. The zero-order valence-corrected chi connectivity index (χ0v) is 26.8. The topological polar surface area (TPSA) is 106 Å². The number of carbonyl (C=O) groups excluding carboxylic acids is 3. The van der Waals surface area contributed by atoms with E-state index in [1.165, 1.54) is 17.0 Å². The Kier molecular flexibility index (Phi) is 9.75. The summed E-state index contributed by atoms with van der Waals surface area (Å²) < 4.78 is 15.2. The molecule has 44 heavy (non-hydrogen) atoms. The van der Waals surface area contributed by atoms with Crippen molar-refractivity contribution in [3.63, 3.8) is 0 Å². The van der Waals surface area contributed by atoms with Crippen LogP contribution in [0.1, 0.15) is 69.0 Å². The molecule has 2 fully saturated rings. The maximum absolute atomic E-state index is 15.2. The van der Waals surface area contributed by atoms with Crippen molar-refractivity contribution in [1.29, 1.82) is 0 Å². The van der Waals surface area contributed by atoms with Crippen LogP contribution in [0.5, 0.6) is 0 Å². The van der Waals surface area contributed by atoms with E-state index in [0.29, 0.717) is 25.7 Å². The lowest BCUT2D eigenvalue weighted by Crippen LogP contribution is -2.52. The molecule has 2 aliphatic carbocycles. The highest BCUT2D eigenvalue weighted by atomic mass is 35.5. The fourth-order valence-electron chi connectivity index (χ4n) is 6.79. The van der Waals surface area contributed by atoms with Crippen molar-refractivity contribution < 1.29 is 18.8 Å². The first-order valence-corrected chi connectivity index (χ1v) is 16.0. The molecule has 2 aromatic carbocycles. The van der Waals surface area contributed by atoms with E-state index in [2.05, 4.69) is 27.9 Å². The molecule has 8 nitrogen and oxygen atoms in total. The van der Waals surface area contributed by atoms with Gasteiger partial charge in [0.2, 0.25) is 11.8 Å². The first-order valence-electron chi connectivity index (χ1n) is 15.2. The number of rotatable bonds is 9. The molecule has 2 saturated carbocycles. The monoisotopic (exact) mass is 643 g/mol. The average Bonchev–Trinajstić information content (AvgIpc) is 3.75. The van der Waals surface area contributed by atoms with Gasteiger partial charge < -0.3 is 25.8 Å². The third-order valence-electron chi connectivity index (χ3n) is 9.37. The maximum Gasteiger partial charge on any atom is 0.317 e. The Hall–Kier alpha value is -3.30. The number of amides is 4. The van der Waals surface area contributed by atoms with Crippen molar-refractivity contribution >= 4 is 52.0 Å².